The number of quaternary nitrogens is 1. The Morgan fingerprint density at radius 2 is 1.79 bits per heavy atom. The van der Waals surface area contributed by atoms with Gasteiger partial charge in [-0.2, -0.15) is 0 Å². The predicted octanol–water partition coefficient (Wildman–Crippen LogP) is -0.126. The normalized spacial score (nSPS) is 18.4. The van der Waals surface area contributed by atoms with Crippen LogP contribution in [-0.2, 0) is 14.4 Å². The zero-order chi connectivity index (χ0) is 23.1. The highest BCUT2D eigenvalue weighted by atomic mass is 35.5. The van der Waals surface area contributed by atoms with E-state index in [4.69, 9.17) is 9.57 Å². The number of benzene rings is 2. The van der Waals surface area contributed by atoms with Crippen molar-refractivity contribution in [3.63, 3.8) is 0 Å². The maximum Gasteiger partial charge on any atom is 0.314 e. The van der Waals surface area contributed by atoms with Crippen LogP contribution in [0.2, 0.25) is 0 Å². The Morgan fingerprint density at radius 1 is 1.06 bits per heavy atom. The van der Waals surface area contributed by atoms with E-state index in [1.807, 2.05) is 0 Å². The summed E-state index contributed by atoms with van der Waals surface area (Å²) in [5, 5.41) is 3.87. The monoisotopic (exact) mass is 488 g/mol. The Kier molecular flexibility index (Phi) is 10.1. The summed E-state index contributed by atoms with van der Waals surface area (Å²) in [4.78, 5) is 18.4. The van der Waals surface area contributed by atoms with Gasteiger partial charge in [-0.1, -0.05) is 5.16 Å². The standard InChI is InChI=1S/C23H24F4N2O3.ClH/c1-2-31-23(30)15-4-3-9-29(14-15)10-11-32-28-22(18-7-5-17(25)13-21(18)27)19-12-16(24)6-8-20(19)26;/h5-8,12-13,15H,2-4,9-11,14H2,1H3;1H/b28-22+;/t15-;/m1./s1. The lowest BCUT2D eigenvalue weighted by Crippen LogP contribution is -3.14. The van der Waals surface area contributed by atoms with Crippen molar-refractivity contribution in [1.82, 2.24) is 0 Å². The van der Waals surface area contributed by atoms with Crippen molar-refractivity contribution in [3.05, 3.63) is 70.8 Å². The van der Waals surface area contributed by atoms with Crippen molar-refractivity contribution in [2.45, 2.75) is 19.8 Å². The van der Waals surface area contributed by atoms with Gasteiger partial charge in [-0.05, 0) is 50.1 Å². The second-order valence-corrected chi connectivity index (χ2v) is 7.57. The van der Waals surface area contributed by atoms with E-state index in [-0.39, 0.29) is 47.7 Å². The van der Waals surface area contributed by atoms with Gasteiger partial charge in [-0.25, -0.2) is 17.6 Å². The van der Waals surface area contributed by atoms with E-state index in [1.165, 1.54) is 0 Å². The first-order chi connectivity index (χ1) is 15.4. The number of rotatable bonds is 8. The summed E-state index contributed by atoms with van der Waals surface area (Å²) in [6.45, 7) is 4.16. The minimum atomic E-state index is -0.977. The average Bonchev–Trinajstić information content (AvgIpc) is 2.77. The van der Waals surface area contributed by atoms with Crippen LogP contribution >= 0.6 is 0 Å². The molecule has 0 saturated carbocycles. The lowest BCUT2D eigenvalue weighted by atomic mass is 9.98. The van der Waals surface area contributed by atoms with Crippen LogP contribution in [0.4, 0.5) is 17.6 Å². The topological polar surface area (TPSA) is 52.3 Å². The molecular weight excluding hydrogens is 464 g/mol. The number of piperidine rings is 1. The molecule has 0 amide bonds. The number of carbonyl (C=O) groups excluding carboxylic acids is 1. The molecule has 33 heavy (non-hydrogen) atoms. The molecule has 1 aliphatic rings. The number of esters is 1. The van der Waals surface area contributed by atoms with E-state index in [1.54, 1.807) is 6.92 Å². The molecule has 0 bridgehead atoms. The minimum absolute atomic E-state index is 0. The highest BCUT2D eigenvalue weighted by Gasteiger charge is 2.29. The first kappa shape index (κ1) is 26.6. The van der Waals surface area contributed by atoms with Crippen molar-refractivity contribution in [1.29, 1.82) is 0 Å². The minimum Gasteiger partial charge on any atom is -1.00 e. The highest BCUT2D eigenvalue weighted by molar-refractivity contribution is 6.12. The molecule has 2 aromatic rings. The summed E-state index contributed by atoms with van der Waals surface area (Å²) in [6.07, 6.45) is 1.64. The largest absolute Gasteiger partial charge is 1.00 e. The molecule has 5 nitrogen and oxygen atoms in total. The van der Waals surface area contributed by atoms with Crippen molar-refractivity contribution in [2.75, 3.05) is 32.8 Å². The van der Waals surface area contributed by atoms with E-state index < -0.39 is 23.3 Å². The van der Waals surface area contributed by atoms with Gasteiger partial charge in [-0.3, -0.25) is 4.79 Å². The van der Waals surface area contributed by atoms with E-state index in [0.29, 0.717) is 25.8 Å². The van der Waals surface area contributed by atoms with Crippen LogP contribution < -0.4 is 17.3 Å². The third kappa shape index (κ3) is 7.17. The fraction of sp³-hybridized carbons (Fsp3) is 0.391. The average molecular weight is 489 g/mol. The molecule has 0 radical (unpaired) electrons. The van der Waals surface area contributed by atoms with Gasteiger partial charge in [0.15, 0.2) is 6.61 Å². The summed E-state index contributed by atoms with van der Waals surface area (Å²) < 4.78 is 60.8. The first-order valence-electron chi connectivity index (χ1n) is 10.5. The van der Waals surface area contributed by atoms with Gasteiger partial charge in [-0.15, -0.1) is 0 Å². The highest BCUT2D eigenvalue weighted by Crippen LogP contribution is 2.19. The maximum absolute atomic E-state index is 14.4. The zero-order valence-corrected chi connectivity index (χ0v) is 18.8. The number of carbonyl (C=O) groups is 1. The van der Waals surface area contributed by atoms with Crippen LogP contribution in [0.25, 0.3) is 0 Å². The van der Waals surface area contributed by atoms with Gasteiger partial charge in [0.2, 0.25) is 0 Å². The van der Waals surface area contributed by atoms with Crippen LogP contribution in [0.1, 0.15) is 30.9 Å². The third-order valence-electron chi connectivity index (χ3n) is 5.31. The number of nitrogens with one attached hydrogen (secondary N) is 1. The molecule has 1 saturated heterocycles. The molecule has 3 rings (SSSR count). The summed E-state index contributed by atoms with van der Waals surface area (Å²) in [5.41, 5.74) is -0.802. The van der Waals surface area contributed by atoms with Crippen LogP contribution in [-0.4, -0.2) is 44.5 Å². The Morgan fingerprint density at radius 3 is 2.52 bits per heavy atom. The number of nitrogens with zero attached hydrogens (tertiary/aromatic N) is 1. The lowest BCUT2D eigenvalue weighted by molar-refractivity contribution is -0.908. The Labute approximate surface area is 195 Å². The number of halogens is 5. The van der Waals surface area contributed by atoms with Gasteiger partial charge < -0.3 is 26.9 Å². The summed E-state index contributed by atoms with van der Waals surface area (Å²) in [5.74, 6) is -3.73. The van der Waals surface area contributed by atoms with E-state index >= 15 is 0 Å². The second-order valence-electron chi connectivity index (χ2n) is 7.57. The van der Waals surface area contributed by atoms with Crippen LogP contribution in [0.3, 0.4) is 0 Å². The Hall–Kier alpha value is -2.65. The SMILES string of the molecule is CCOC(=O)[C@@H]1CCC[NH+](CCO/N=C(\c2ccc(F)cc2F)c2cc(F)ccc2F)C1.[Cl-]. The quantitative estimate of drug-likeness (QED) is 0.185. The molecule has 0 aromatic heterocycles. The van der Waals surface area contributed by atoms with Gasteiger partial charge >= 0.3 is 5.97 Å². The van der Waals surface area contributed by atoms with E-state index in [0.717, 1.165) is 54.6 Å². The zero-order valence-electron chi connectivity index (χ0n) is 18.1. The number of likely N-dealkylation sites (tertiary alicyclic amines) is 1. The summed E-state index contributed by atoms with van der Waals surface area (Å²) in [7, 11) is 0. The molecule has 180 valence electrons. The third-order valence-corrected chi connectivity index (χ3v) is 5.31. The molecule has 1 aliphatic heterocycles. The van der Waals surface area contributed by atoms with Crippen LogP contribution in [0, 0.1) is 29.2 Å². The summed E-state index contributed by atoms with van der Waals surface area (Å²) in [6, 6.07) is 5.43. The molecular formula is C23H25ClF4N2O3. The predicted molar refractivity (Wildman–Crippen MR) is 109 cm³/mol. The number of ether oxygens (including phenoxy) is 1. The molecule has 2 atom stereocenters. The van der Waals surface area contributed by atoms with Gasteiger partial charge in [0.25, 0.3) is 0 Å². The van der Waals surface area contributed by atoms with Crippen molar-refractivity contribution < 1.29 is 49.2 Å². The van der Waals surface area contributed by atoms with Crippen molar-refractivity contribution in [2.24, 2.45) is 11.1 Å². The summed E-state index contributed by atoms with van der Waals surface area (Å²) >= 11 is 0. The molecule has 0 spiro atoms. The number of oxime groups is 1. The van der Waals surface area contributed by atoms with E-state index in [9.17, 15) is 22.4 Å². The van der Waals surface area contributed by atoms with Gasteiger partial charge in [0, 0.05) is 17.2 Å². The van der Waals surface area contributed by atoms with E-state index in [2.05, 4.69) is 5.16 Å². The molecule has 10 heteroatoms. The van der Waals surface area contributed by atoms with Gasteiger partial charge in [0.05, 0.1) is 19.7 Å². The molecule has 1 fully saturated rings. The molecule has 1 N–H and O–H groups in total. The maximum atomic E-state index is 14.4. The Bertz CT molecular complexity index is 990. The molecule has 0 aliphatic carbocycles. The van der Waals surface area contributed by atoms with Gasteiger partial charge in [0.1, 0.15) is 41.4 Å². The van der Waals surface area contributed by atoms with Crippen molar-refractivity contribution >= 4 is 11.7 Å². The molecule has 2 aromatic carbocycles. The molecule has 1 unspecified atom stereocenters. The fourth-order valence-electron chi connectivity index (χ4n) is 3.74. The second kappa shape index (κ2) is 12.6. The first-order valence-corrected chi connectivity index (χ1v) is 10.5. The van der Waals surface area contributed by atoms with Crippen LogP contribution in [0.15, 0.2) is 41.6 Å². The smallest absolute Gasteiger partial charge is 0.314 e. The number of hydrogen-bond acceptors (Lipinski definition) is 4. The fourth-order valence-corrected chi connectivity index (χ4v) is 3.74. The van der Waals surface area contributed by atoms with Crippen molar-refractivity contribution in [3.8, 4) is 0 Å². The Balaban J connectivity index is 0.00000385. The molecule has 1 heterocycles. The lowest BCUT2D eigenvalue weighted by Gasteiger charge is -2.28. The number of hydrogen-bond donors (Lipinski definition) is 1. The van der Waals surface area contributed by atoms with Crippen LogP contribution in [0.5, 0.6) is 0 Å².